The number of hydrogen-bond donors (Lipinski definition) is 2. The summed E-state index contributed by atoms with van der Waals surface area (Å²) in [6.07, 6.45) is 4.71. The van der Waals surface area contributed by atoms with E-state index in [0.29, 0.717) is 5.92 Å². The molecule has 0 aromatic rings. The van der Waals surface area contributed by atoms with Crippen LogP contribution in [0, 0.1) is 5.92 Å². The number of ether oxygens (including phenoxy) is 2. The third kappa shape index (κ3) is 9.77. The quantitative estimate of drug-likeness (QED) is 0.417. The van der Waals surface area contributed by atoms with Crippen LogP contribution in [-0.4, -0.2) is 79.5 Å². The summed E-state index contributed by atoms with van der Waals surface area (Å²) >= 11 is 1.90. The lowest BCUT2D eigenvalue weighted by atomic mass is 9.99. The van der Waals surface area contributed by atoms with Crippen molar-refractivity contribution in [2.45, 2.75) is 77.2 Å². The molecule has 0 radical (unpaired) electrons. The van der Waals surface area contributed by atoms with Crippen molar-refractivity contribution in [3.05, 3.63) is 0 Å². The van der Waals surface area contributed by atoms with Crippen molar-refractivity contribution in [1.82, 2.24) is 15.5 Å². The molecule has 176 valence electrons. The summed E-state index contributed by atoms with van der Waals surface area (Å²) in [7, 11) is 2.06. The second-order valence-electron chi connectivity index (χ2n) is 9.38. The number of nitrogens with one attached hydrogen (secondary N) is 2. The molecule has 30 heavy (non-hydrogen) atoms. The van der Waals surface area contributed by atoms with Gasteiger partial charge in [0, 0.05) is 44.1 Å². The van der Waals surface area contributed by atoms with Gasteiger partial charge in [0.25, 0.3) is 0 Å². The van der Waals surface area contributed by atoms with Gasteiger partial charge in [0.2, 0.25) is 0 Å². The van der Waals surface area contributed by atoms with E-state index < -0.39 is 5.60 Å². The maximum atomic E-state index is 12.2. The van der Waals surface area contributed by atoms with Gasteiger partial charge in [-0.15, -0.1) is 0 Å². The van der Waals surface area contributed by atoms with E-state index in [9.17, 15) is 4.79 Å². The van der Waals surface area contributed by atoms with E-state index in [1.54, 1.807) is 0 Å². The monoisotopic (exact) mass is 444 g/mol. The standard InChI is InChI=1S/C22H44N4O3S/c1-9-23-19(24-16-22(30-8)11-14-28-15-12-22)26(7)13-10-18(17(2)3)25-20(27)29-21(4,5)6/h17-18H,9-16H2,1-8H3,(H,23,24)(H,25,27). The molecule has 0 aromatic carbocycles. The van der Waals surface area contributed by atoms with Crippen LogP contribution in [0.15, 0.2) is 4.99 Å². The van der Waals surface area contributed by atoms with Crippen molar-refractivity contribution in [3.63, 3.8) is 0 Å². The van der Waals surface area contributed by atoms with Gasteiger partial charge >= 0.3 is 6.09 Å². The number of carbonyl (C=O) groups is 1. The predicted octanol–water partition coefficient (Wildman–Crippen LogP) is 3.74. The van der Waals surface area contributed by atoms with Crippen molar-refractivity contribution in [2.24, 2.45) is 10.9 Å². The fourth-order valence-electron chi connectivity index (χ4n) is 3.33. The Morgan fingerprint density at radius 3 is 2.43 bits per heavy atom. The number of hydrogen-bond acceptors (Lipinski definition) is 5. The molecular formula is C22H44N4O3S. The first-order chi connectivity index (χ1) is 14.0. The average Bonchev–Trinajstić information content (AvgIpc) is 2.67. The number of carbonyl (C=O) groups excluding carboxylic acids is 1. The van der Waals surface area contributed by atoms with Gasteiger partial charge in [-0.25, -0.2) is 4.79 Å². The van der Waals surface area contributed by atoms with E-state index in [-0.39, 0.29) is 16.9 Å². The number of nitrogens with zero attached hydrogens (tertiary/aromatic N) is 2. The summed E-state index contributed by atoms with van der Waals surface area (Å²) < 4.78 is 11.1. The van der Waals surface area contributed by atoms with Gasteiger partial charge in [0.15, 0.2) is 5.96 Å². The highest BCUT2D eigenvalue weighted by Gasteiger charge is 2.32. The second-order valence-corrected chi connectivity index (χ2v) is 10.7. The molecular weight excluding hydrogens is 400 g/mol. The molecule has 1 amide bonds. The van der Waals surface area contributed by atoms with Crippen LogP contribution in [0.4, 0.5) is 4.79 Å². The van der Waals surface area contributed by atoms with E-state index in [1.807, 2.05) is 32.5 Å². The average molecular weight is 445 g/mol. The highest BCUT2D eigenvalue weighted by molar-refractivity contribution is 8.00. The molecule has 2 N–H and O–H groups in total. The molecule has 1 rings (SSSR count). The number of aliphatic imine (C=N–C) groups is 1. The summed E-state index contributed by atoms with van der Waals surface area (Å²) in [5, 5.41) is 6.44. The molecule has 0 bridgehead atoms. The smallest absolute Gasteiger partial charge is 0.407 e. The van der Waals surface area contributed by atoms with Crippen LogP contribution in [0.3, 0.4) is 0 Å². The normalized spacial score (nSPS) is 18.1. The van der Waals surface area contributed by atoms with Crippen LogP contribution < -0.4 is 10.6 Å². The Morgan fingerprint density at radius 1 is 1.30 bits per heavy atom. The molecule has 7 nitrogen and oxygen atoms in total. The predicted molar refractivity (Wildman–Crippen MR) is 128 cm³/mol. The highest BCUT2D eigenvalue weighted by atomic mass is 32.2. The molecule has 1 unspecified atom stereocenters. The minimum absolute atomic E-state index is 0.0400. The minimum atomic E-state index is -0.495. The molecule has 1 heterocycles. The summed E-state index contributed by atoms with van der Waals surface area (Å²) in [6, 6.07) is 0.0400. The van der Waals surface area contributed by atoms with Gasteiger partial charge < -0.3 is 25.0 Å². The molecule has 1 saturated heterocycles. The zero-order valence-electron chi connectivity index (χ0n) is 20.3. The van der Waals surface area contributed by atoms with E-state index in [4.69, 9.17) is 14.5 Å². The zero-order chi connectivity index (χ0) is 22.8. The maximum absolute atomic E-state index is 12.2. The van der Waals surface area contributed by atoms with Crippen molar-refractivity contribution in [2.75, 3.05) is 46.2 Å². The van der Waals surface area contributed by atoms with Crippen LogP contribution in [0.2, 0.25) is 0 Å². The lowest BCUT2D eigenvalue weighted by Gasteiger charge is -2.35. The molecule has 1 aliphatic heterocycles. The van der Waals surface area contributed by atoms with Crippen LogP contribution in [-0.2, 0) is 9.47 Å². The van der Waals surface area contributed by atoms with Crippen molar-refractivity contribution >= 4 is 23.8 Å². The van der Waals surface area contributed by atoms with Crippen LogP contribution in [0.25, 0.3) is 0 Å². The van der Waals surface area contributed by atoms with E-state index in [0.717, 1.165) is 58.1 Å². The summed E-state index contributed by atoms with van der Waals surface area (Å²) in [5.74, 6) is 1.23. The Bertz CT molecular complexity index is 543. The molecule has 0 saturated carbocycles. The van der Waals surface area contributed by atoms with Crippen molar-refractivity contribution < 1.29 is 14.3 Å². The molecule has 1 atom stereocenters. The lowest BCUT2D eigenvalue weighted by Crippen LogP contribution is -2.46. The number of guanidine groups is 1. The molecule has 0 spiro atoms. The highest BCUT2D eigenvalue weighted by Crippen LogP contribution is 2.34. The van der Waals surface area contributed by atoms with Crippen molar-refractivity contribution in [3.8, 4) is 0 Å². The minimum Gasteiger partial charge on any atom is -0.444 e. The van der Waals surface area contributed by atoms with Crippen LogP contribution in [0.5, 0.6) is 0 Å². The molecule has 0 aliphatic carbocycles. The van der Waals surface area contributed by atoms with Gasteiger partial charge in [-0.1, -0.05) is 13.8 Å². The van der Waals surface area contributed by atoms with E-state index in [1.165, 1.54) is 0 Å². The first-order valence-electron chi connectivity index (χ1n) is 11.1. The van der Waals surface area contributed by atoms with E-state index >= 15 is 0 Å². The fraction of sp³-hybridized carbons (Fsp3) is 0.909. The summed E-state index contributed by atoms with van der Waals surface area (Å²) in [6.45, 7) is 16.0. The molecule has 1 aliphatic rings. The van der Waals surface area contributed by atoms with E-state index in [2.05, 4.69) is 49.6 Å². The second kappa shape index (κ2) is 12.6. The summed E-state index contributed by atoms with van der Waals surface area (Å²) in [5.41, 5.74) is -0.495. The third-order valence-corrected chi connectivity index (χ3v) is 6.74. The summed E-state index contributed by atoms with van der Waals surface area (Å²) in [4.78, 5) is 19.3. The first kappa shape index (κ1) is 26.9. The number of alkyl carbamates (subject to hydrolysis) is 1. The Hall–Kier alpha value is -1.15. The molecule has 8 heteroatoms. The number of amides is 1. The molecule has 1 fully saturated rings. The van der Waals surface area contributed by atoms with Crippen molar-refractivity contribution in [1.29, 1.82) is 0 Å². The van der Waals surface area contributed by atoms with Gasteiger partial charge in [-0.2, -0.15) is 11.8 Å². The van der Waals surface area contributed by atoms with Gasteiger partial charge in [0.1, 0.15) is 5.60 Å². The first-order valence-corrected chi connectivity index (χ1v) is 12.4. The lowest BCUT2D eigenvalue weighted by molar-refractivity contribution is 0.0485. The molecule has 0 aromatic heterocycles. The Balaban J connectivity index is 2.71. The van der Waals surface area contributed by atoms with Crippen LogP contribution >= 0.6 is 11.8 Å². The number of rotatable bonds is 9. The topological polar surface area (TPSA) is 75.2 Å². The van der Waals surface area contributed by atoms with Crippen LogP contribution in [0.1, 0.15) is 60.8 Å². The van der Waals surface area contributed by atoms with Gasteiger partial charge in [-0.3, -0.25) is 4.99 Å². The Labute approximate surface area is 188 Å². The van der Waals surface area contributed by atoms with Gasteiger partial charge in [-0.05, 0) is 59.1 Å². The Kier molecular flexibility index (Phi) is 11.3. The Morgan fingerprint density at radius 2 is 1.93 bits per heavy atom. The fourth-order valence-corrected chi connectivity index (χ4v) is 4.10. The van der Waals surface area contributed by atoms with Gasteiger partial charge in [0.05, 0.1) is 6.54 Å². The number of thioether (sulfide) groups is 1. The third-order valence-electron chi connectivity index (χ3n) is 5.33. The SMILES string of the molecule is CCNC(=NCC1(SC)CCOCC1)N(C)CCC(NC(=O)OC(C)(C)C)C(C)C. The maximum Gasteiger partial charge on any atom is 0.407 e. The largest absolute Gasteiger partial charge is 0.444 e. The zero-order valence-corrected chi connectivity index (χ0v) is 21.2.